The third kappa shape index (κ3) is 5.41. The monoisotopic (exact) mass is 342 g/mol. The highest BCUT2D eigenvalue weighted by molar-refractivity contribution is 5.73. The molecular formula is C21H26O4. The second-order valence-corrected chi connectivity index (χ2v) is 6.06. The number of hydrogen-bond acceptors (Lipinski definition) is 4. The molecule has 2 aromatic carbocycles. The molecule has 0 unspecified atom stereocenters. The smallest absolute Gasteiger partial charge is 0.313 e. The third-order valence-corrected chi connectivity index (χ3v) is 4.41. The Morgan fingerprint density at radius 3 is 1.92 bits per heavy atom. The molecule has 0 saturated heterocycles. The van der Waals surface area contributed by atoms with Crippen LogP contribution in [0.2, 0.25) is 0 Å². The predicted octanol–water partition coefficient (Wildman–Crippen LogP) is 3.13. The van der Waals surface area contributed by atoms with Crippen LogP contribution in [0.3, 0.4) is 0 Å². The van der Waals surface area contributed by atoms with Gasteiger partial charge < -0.3 is 14.9 Å². The van der Waals surface area contributed by atoms with E-state index in [-0.39, 0.29) is 12.5 Å². The standard InChI is InChI=1S/C21H26O4/c1-2-25-21(24)19(15-22)20(23)14-13-18(16-9-5-3-6-10-16)17-11-7-4-8-12-17/h3-12,18-20,22-23H,2,13-15H2,1H3/t19-,20-/m0/s1. The normalized spacial score (nSPS) is 13.4. The second kappa shape index (κ2) is 9.97. The van der Waals surface area contributed by atoms with Gasteiger partial charge in [0.05, 0.1) is 19.3 Å². The molecule has 0 aliphatic rings. The zero-order valence-corrected chi connectivity index (χ0v) is 14.5. The van der Waals surface area contributed by atoms with E-state index < -0.39 is 24.6 Å². The molecule has 0 bridgehead atoms. The Labute approximate surface area is 149 Å². The molecule has 0 fully saturated rings. The van der Waals surface area contributed by atoms with Crippen molar-refractivity contribution in [3.8, 4) is 0 Å². The molecular weight excluding hydrogens is 316 g/mol. The largest absolute Gasteiger partial charge is 0.466 e. The summed E-state index contributed by atoms with van der Waals surface area (Å²) in [6, 6.07) is 20.2. The van der Waals surface area contributed by atoms with E-state index in [4.69, 9.17) is 4.74 Å². The van der Waals surface area contributed by atoms with Crippen molar-refractivity contribution >= 4 is 5.97 Å². The molecule has 2 aromatic rings. The summed E-state index contributed by atoms with van der Waals surface area (Å²) in [5, 5.41) is 19.8. The third-order valence-electron chi connectivity index (χ3n) is 4.41. The molecule has 4 heteroatoms. The van der Waals surface area contributed by atoms with E-state index in [2.05, 4.69) is 24.3 Å². The van der Waals surface area contributed by atoms with Crippen LogP contribution < -0.4 is 0 Å². The first kappa shape index (κ1) is 19.2. The zero-order valence-electron chi connectivity index (χ0n) is 14.5. The average Bonchev–Trinajstić information content (AvgIpc) is 2.64. The molecule has 4 nitrogen and oxygen atoms in total. The molecule has 2 atom stereocenters. The maximum absolute atomic E-state index is 11.9. The number of ether oxygens (including phenoxy) is 1. The van der Waals surface area contributed by atoms with Gasteiger partial charge in [0, 0.05) is 5.92 Å². The fourth-order valence-electron chi connectivity index (χ4n) is 3.04. The summed E-state index contributed by atoms with van der Waals surface area (Å²) in [6.07, 6.45) is 0.142. The fraction of sp³-hybridized carbons (Fsp3) is 0.381. The Hall–Kier alpha value is -2.17. The van der Waals surface area contributed by atoms with Crippen molar-refractivity contribution in [1.29, 1.82) is 0 Å². The van der Waals surface area contributed by atoms with Gasteiger partial charge in [0.25, 0.3) is 0 Å². The molecule has 2 N–H and O–H groups in total. The summed E-state index contributed by atoms with van der Waals surface area (Å²) in [4.78, 5) is 11.9. The van der Waals surface area contributed by atoms with Crippen molar-refractivity contribution in [2.24, 2.45) is 5.92 Å². The number of aliphatic hydroxyl groups is 2. The van der Waals surface area contributed by atoms with Gasteiger partial charge in [-0.1, -0.05) is 60.7 Å². The Bertz CT molecular complexity index is 587. The summed E-state index contributed by atoms with van der Waals surface area (Å²) in [7, 11) is 0. The van der Waals surface area contributed by atoms with E-state index in [0.29, 0.717) is 12.8 Å². The number of esters is 1. The summed E-state index contributed by atoms with van der Waals surface area (Å²) < 4.78 is 4.93. The van der Waals surface area contributed by atoms with Gasteiger partial charge >= 0.3 is 5.97 Å². The van der Waals surface area contributed by atoms with Crippen molar-refractivity contribution < 1.29 is 19.7 Å². The van der Waals surface area contributed by atoms with Crippen LogP contribution in [0.25, 0.3) is 0 Å². The highest BCUT2D eigenvalue weighted by Gasteiger charge is 2.28. The number of hydrogen-bond donors (Lipinski definition) is 2. The fourth-order valence-corrected chi connectivity index (χ4v) is 3.04. The summed E-state index contributed by atoms with van der Waals surface area (Å²) in [5.74, 6) is -1.32. The SMILES string of the molecule is CCOC(=O)[C@@H](CO)[C@@H](O)CCC(c1ccccc1)c1ccccc1. The van der Waals surface area contributed by atoms with Gasteiger partial charge in [-0.15, -0.1) is 0 Å². The van der Waals surface area contributed by atoms with Gasteiger partial charge in [0.15, 0.2) is 0 Å². The highest BCUT2D eigenvalue weighted by Crippen LogP contribution is 2.30. The first-order valence-corrected chi connectivity index (χ1v) is 8.72. The lowest BCUT2D eigenvalue weighted by Gasteiger charge is -2.23. The van der Waals surface area contributed by atoms with Gasteiger partial charge in [-0.05, 0) is 30.9 Å². The minimum absolute atomic E-state index is 0.124. The zero-order chi connectivity index (χ0) is 18.1. The van der Waals surface area contributed by atoms with Crippen LogP contribution in [-0.4, -0.2) is 35.5 Å². The van der Waals surface area contributed by atoms with Crippen molar-refractivity contribution in [2.45, 2.75) is 31.8 Å². The number of carbonyl (C=O) groups excluding carboxylic acids is 1. The molecule has 0 radical (unpaired) electrons. The molecule has 0 saturated carbocycles. The number of aliphatic hydroxyl groups excluding tert-OH is 2. The van der Waals surface area contributed by atoms with E-state index >= 15 is 0 Å². The second-order valence-electron chi connectivity index (χ2n) is 6.06. The van der Waals surface area contributed by atoms with Crippen LogP contribution in [0.5, 0.6) is 0 Å². The van der Waals surface area contributed by atoms with E-state index in [9.17, 15) is 15.0 Å². The lowest BCUT2D eigenvalue weighted by molar-refractivity contribution is -0.154. The van der Waals surface area contributed by atoms with Crippen molar-refractivity contribution in [3.63, 3.8) is 0 Å². The number of benzene rings is 2. The Morgan fingerprint density at radius 2 is 1.48 bits per heavy atom. The Kier molecular flexibility index (Phi) is 7.64. The van der Waals surface area contributed by atoms with E-state index in [1.165, 1.54) is 0 Å². The summed E-state index contributed by atoms with van der Waals surface area (Å²) in [5.41, 5.74) is 2.33. The molecule has 25 heavy (non-hydrogen) atoms. The molecule has 0 aliphatic carbocycles. The van der Waals surface area contributed by atoms with Gasteiger partial charge in [-0.3, -0.25) is 4.79 Å². The van der Waals surface area contributed by atoms with E-state index in [1.54, 1.807) is 6.92 Å². The minimum atomic E-state index is -0.932. The number of carbonyl (C=O) groups is 1. The van der Waals surface area contributed by atoms with Crippen molar-refractivity contribution in [1.82, 2.24) is 0 Å². The molecule has 0 amide bonds. The number of rotatable bonds is 9. The summed E-state index contributed by atoms with van der Waals surface area (Å²) in [6.45, 7) is 1.53. The van der Waals surface area contributed by atoms with Crippen LogP contribution in [-0.2, 0) is 9.53 Å². The molecule has 0 aromatic heterocycles. The summed E-state index contributed by atoms with van der Waals surface area (Å²) >= 11 is 0. The van der Waals surface area contributed by atoms with Gasteiger partial charge in [0.1, 0.15) is 5.92 Å². The molecule has 0 heterocycles. The highest BCUT2D eigenvalue weighted by atomic mass is 16.5. The van der Waals surface area contributed by atoms with Crippen LogP contribution in [0.1, 0.15) is 36.8 Å². The molecule has 2 rings (SSSR count). The van der Waals surface area contributed by atoms with Crippen LogP contribution in [0.15, 0.2) is 60.7 Å². The Balaban J connectivity index is 2.11. The molecule has 0 aliphatic heterocycles. The predicted molar refractivity (Wildman–Crippen MR) is 97.2 cm³/mol. The molecule has 134 valence electrons. The van der Waals surface area contributed by atoms with Gasteiger partial charge in [0.2, 0.25) is 0 Å². The lowest BCUT2D eigenvalue weighted by atomic mass is 9.85. The van der Waals surface area contributed by atoms with Crippen LogP contribution in [0.4, 0.5) is 0 Å². The van der Waals surface area contributed by atoms with Gasteiger partial charge in [-0.25, -0.2) is 0 Å². The first-order chi connectivity index (χ1) is 12.2. The van der Waals surface area contributed by atoms with Crippen molar-refractivity contribution in [3.05, 3.63) is 71.8 Å². The van der Waals surface area contributed by atoms with E-state index in [1.807, 2.05) is 36.4 Å². The van der Waals surface area contributed by atoms with Crippen molar-refractivity contribution in [2.75, 3.05) is 13.2 Å². The van der Waals surface area contributed by atoms with Crippen LogP contribution in [0, 0.1) is 5.92 Å². The average molecular weight is 342 g/mol. The Morgan fingerprint density at radius 1 is 0.960 bits per heavy atom. The quantitative estimate of drug-likeness (QED) is 0.687. The lowest BCUT2D eigenvalue weighted by Crippen LogP contribution is -2.33. The maximum Gasteiger partial charge on any atom is 0.313 e. The topological polar surface area (TPSA) is 66.8 Å². The molecule has 0 spiro atoms. The van der Waals surface area contributed by atoms with E-state index in [0.717, 1.165) is 11.1 Å². The maximum atomic E-state index is 11.9. The van der Waals surface area contributed by atoms with Crippen LogP contribution >= 0.6 is 0 Å². The minimum Gasteiger partial charge on any atom is -0.466 e. The van der Waals surface area contributed by atoms with Gasteiger partial charge in [-0.2, -0.15) is 0 Å². The first-order valence-electron chi connectivity index (χ1n) is 8.72.